The van der Waals surface area contributed by atoms with Crippen LogP contribution in [-0.2, 0) is 4.79 Å². The Morgan fingerprint density at radius 1 is 1.07 bits per heavy atom. The van der Waals surface area contributed by atoms with Crippen LogP contribution in [0.3, 0.4) is 0 Å². The van der Waals surface area contributed by atoms with E-state index in [-0.39, 0.29) is 18.0 Å². The van der Waals surface area contributed by atoms with E-state index < -0.39 is 31.3 Å². The van der Waals surface area contributed by atoms with Gasteiger partial charge in [0.05, 0.1) is 43.2 Å². The molecule has 0 aromatic heterocycles. The summed E-state index contributed by atoms with van der Waals surface area (Å²) >= 11 is 5.84. The Bertz CT molecular complexity index is 756. The van der Waals surface area contributed by atoms with Gasteiger partial charge < -0.3 is 35.6 Å². The molecule has 1 aromatic carbocycles. The topological polar surface area (TPSA) is 139 Å². The fourth-order valence-corrected chi connectivity index (χ4v) is 6.59. The van der Waals surface area contributed by atoms with Gasteiger partial charge in [0.2, 0.25) is 0 Å². The zero-order chi connectivity index (χ0) is 21.6. The third-order valence-corrected chi connectivity index (χ3v) is 6.82. The number of carbonyl (C=O) groups is 3. The Kier molecular flexibility index (Phi) is 10.8. The maximum atomic E-state index is 12.8. The molecule has 28 heavy (non-hydrogen) atoms. The summed E-state index contributed by atoms with van der Waals surface area (Å²) in [6.07, 6.45) is -0.865. The van der Waals surface area contributed by atoms with Crippen LogP contribution >= 0.6 is 67.8 Å². The van der Waals surface area contributed by atoms with Crippen molar-refractivity contribution in [2.24, 2.45) is 0 Å². The number of anilines is 1. The second kappa shape index (κ2) is 11.8. The molecule has 0 aliphatic rings. The van der Waals surface area contributed by atoms with E-state index in [0.717, 1.165) is 0 Å². The van der Waals surface area contributed by atoms with Crippen molar-refractivity contribution in [3.05, 3.63) is 21.8 Å². The number of nitrogens with zero attached hydrogens (tertiary/aromatic N) is 1. The fourth-order valence-electron chi connectivity index (χ4n) is 2.09. The molecule has 0 heterocycles. The SMILES string of the molecule is CN(C)C(=O)c1c(I)c(NCC(O)C=O)c(I)c(C(=O)NC(CO)CO)c1I. The molecule has 5 N–H and O–H groups in total. The van der Waals surface area contributed by atoms with E-state index in [9.17, 15) is 29.7 Å². The van der Waals surface area contributed by atoms with Crippen LogP contribution in [0.15, 0.2) is 0 Å². The predicted molar refractivity (Wildman–Crippen MR) is 129 cm³/mol. The number of rotatable bonds is 9. The molecular weight excluding hydrogens is 711 g/mol. The Balaban J connectivity index is 3.60. The molecule has 0 spiro atoms. The summed E-state index contributed by atoms with van der Waals surface area (Å²) in [5.41, 5.74) is 0.925. The second-order valence-corrected chi connectivity index (χ2v) is 9.12. The number of halogens is 3. The van der Waals surface area contributed by atoms with Gasteiger partial charge in [-0.25, -0.2) is 0 Å². The Morgan fingerprint density at radius 2 is 1.61 bits per heavy atom. The van der Waals surface area contributed by atoms with Crippen LogP contribution in [0.4, 0.5) is 5.69 Å². The molecule has 1 rings (SSSR count). The Morgan fingerprint density at radius 3 is 2.07 bits per heavy atom. The molecule has 1 unspecified atom stereocenters. The molecule has 0 fully saturated rings. The van der Waals surface area contributed by atoms with Crippen molar-refractivity contribution in [1.82, 2.24) is 10.2 Å². The fraction of sp³-hybridized carbons (Fsp3) is 0.438. The highest BCUT2D eigenvalue weighted by atomic mass is 127. The minimum atomic E-state index is -1.25. The number of benzene rings is 1. The minimum Gasteiger partial charge on any atom is -0.394 e. The average Bonchev–Trinajstić information content (AvgIpc) is 2.65. The van der Waals surface area contributed by atoms with E-state index in [1.807, 2.05) is 67.8 Å². The number of nitrogens with one attached hydrogen (secondary N) is 2. The van der Waals surface area contributed by atoms with Gasteiger partial charge in [0.25, 0.3) is 11.8 Å². The van der Waals surface area contributed by atoms with E-state index in [4.69, 9.17) is 0 Å². The number of aldehydes is 1. The lowest BCUT2D eigenvalue weighted by Gasteiger charge is -2.22. The predicted octanol–water partition coefficient (Wildman–Crippen LogP) is 0.257. The second-order valence-electron chi connectivity index (χ2n) is 5.89. The van der Waals surface area contributed by atoms with Gasteiger partial charge in [-0.05, 0) is 67.8 Å². The molecule has 0 bridgehead atoms. The normalized spacial score (nSPS) is 11.9. The van der Waals surface area contributed by atoms with Crippen molar-refractivity contribution >= 4 is 91.6 Å². The first-order valence-electron chi connectivity index (χ1n) is 7.92. The Labute approximate surface area is 203 Å². The first kappa shape index (κ1) is 25.7. The van der Waals surface area contributed by atoms with Crippen molar-refractivity contribution in [3.63, 3.8) is 0 Å². The molecule has 156 valence electrons. The zero-order valence-electron chi connectivity index (χ0n) is 15.0. The Hall–Kier alpha value is -0.300. The molecule has 1 atom stereocenters. The number of amides is 2. The van der Waals surface area contributed by atoms with Crippen molar-refractivity contribution in [2.45, 2.75) is 12.1 Å². The van der Waals surface area contributed by atoms with E-state index in [1.165, 1.54) is 4.90 Å². The number of aliphatic hydroxyl groups is 3. The summed E-state index contributed by atoms with van der Waals surface area (Å²) in [6.45, 7) is -0.984. The van der Waals surface area contributed by atoms with Crippen LogP contribution in [0, 0.1) is 10.7 Å². The van der Waals surface area contributed by atoms with Gasteiger partial charge in [-0.1, -0.05) is 0 Å². The summed E-state index contributed by atoms with van der Waals surface area (Å²) < 4.78 is 1.44. The largest absolute Gasteiger partial charge is 0.394 e. The number of hydrogen-bond acceptors (Lipinski definition) is 7. The average molecular weight is 731 g/mol. The summed E-state index contributed by atoms with van der Waals surface area (Å²) in [6, 6.07) is -0.848. The third kappa shape index (κ3) is 6.10. The van der Waals surface area contributed by atoms with Gasteiger partial charge in [0.15, 0.2) is 0 Å². The van der Waals surface area contributed by atoms with Gasteiger partial charge in [0, 0.05) is 24.2 Å². The molecule has 9 nitrogen and oxygen atoms in total. The smallest absolute Gasteiger partial charge is 0.255 e. The van der Waals surface area contributed by atoms with E-state index in [0.29, 0.717) is 28.2 Å². The number of aliphatic hydroxyl groups excluding tert-OH is 3. The lowest BCUT2D eigenvalue weighted by molar-refractivity contribution is -0.114. The summed E-state index contributed by atoms with van der Waals surface area (Å²) in [5, 5.41) is 33.4. The monoisotopic (exact) mass is 731 g/mol. The van der Waals surface area contributed by atoms with Gasteiger partial charge in [-0.15, -0.1) is 0 Å². The van der Waals surface area contributed by atoms with Gasteiger partial charge in [-0.2, -0.15) is 0 Å². The maximum absolute atomic E-state index is 12.8. The third-order valence-electron chi connectivity index (χ3n) is 3.59. The lowest BCUT2D eigenvalue weighted by atomic mass is 10.1. The van der Waals surface area contributed by atoms with E-state index >= 15 is 0 Å². The summed E-state index contributed by atoms with van der Waals surface area (Å²) in [5.74, 6) is -0.885. The van der Waals surface area contributed by atoms with Crippen molar-refractivity contribution in [1.29, 1.82) is 0 Å². The summed E-state index contributed by atoms with van der Waals surface area (Å²) in [7, 11) is 3.17. The lowest BCUT2D eigenvalue weighted by Crippen LogP contribution is -2.41. The van der Waals surface area contributed by atoms with Gasteiger partial charge >= 0.3 is 0 Å². The minimum absolute atomic E-state index is 0.0946. The van der Waals surface area contributed by atoms with Gasteiger partial charge in [-0.3, -0.25) is 9.59 Å². The van der Waals surface area contributed by atoms with Crippen LogP contribution in [0.1, 0.15) is 20.7 Å². The molecule has 0 aliphatic heterocycles. The van der Waals surface area contributed by atoms with Crippen molar-refractivity contribution in [2.75, 3.05) is 39.2 Å². The highest BCUT2D eigenvalue weighted by molar-refractivity contribution is 14.1. The van der Waals surface area contributed by atoms with E-state index in [1.54, 1.807) is 14.1 Å². The van der Waals surface area contributed by atoms with Crippen molar-refractivity contribution < 1.29 is 29.7 Å². The van der Waals surface area contributed by atoms with Gasteiger partial charge in [0.1, 0.15) is 12.4 Å². The van der Waals surface area contributed by atoms with Crippen LogP contribution in [0.5, 0.6) is 0 Å². The van der Waals surface area contributed by atoms with Crippen LogP contribution in [0.2, 0.25) is 0 Å². The highest BCUT2D eigenvalue weighted by Gasteiger charge is 2.29. The highest BCUT2D eigenvalue weighted by Crippen LogP contribution is 2.36. The van der Waals surface area contributed by atoms with E-state index in [2.05, 4.69) is 10.6 Å². The first-order valence-corrected chi connectivity index (χ1v) is 11.2. The van der Waals surface area contributed by atoms with Crippen LogP contribution in [0.25, 0.3) is 0 Å². The van der Waals surface area contributed by atoms with Crippen LogP contribution in [-0.4, -0.2) is 84.3 Å². The zero-order valence-corrected chi connectivity index (χ0v) is 21.5. The number of hydrogen-bond donors (Lipinski definition) is 5. The molecule has 0 saturated heterocycles. The number of carbonyl (C=O) groups excluding carboxylic acids is 3. The van der Waals surface area contributed by atoms with Crippen LogP contribution < -0.4 is 10.6 Å². The molecule has 0 aliphatic carbocycles. The molecule has 12 heteroatoms. The summed E-state index contributed by atoms with van der Waals surface area (Å²) in [4.78, 5) is 37.6. The quantitative estimate of drug-likeness (QED) is 0.182. The molecule has 0 saturated carbocycles. The van der Waals surface area contributed by atoms with Crippen molar-refractivity contribution in [3.8, 4) is 0 Å². The first-order chi connectivity index (χ1) is 13.1. The maximum Gasteiger partial charge on any atom is 0.255 e. The molecule has 0 radical (unpaired) electrons. The molecule has 2 amide bonds. The molecular formula is C16H20I3N3O6. The molecule has 1 aromatic rings. The standard InChI is InChI=1S/C16H20I3N3O6/c1-22(2)16(28)10-11(17)9(15(27)21-7(4-23)5-24)12(18)14(13(10)19)20-3-8(26)6-25/h6-8,20,23-24,26H,3-5H2,1-2H3,(H,21,27).